The predicted octanol–water partition coefficient (Wildman–Crippen LogP) is 3.39. The van der Waals surface area contributed by atoms with E-state index in [1.54, 1.807) is 0 Å². The Morgan fingerprint density at radius 2 is 2.11 bits per heavy atom. The largest absolute Gasteiger partial charge is 0.416 e. The number of aryl methyl sites for hydroxylation is 1. The average molecular weight is 273 g/mol. The lowest BCUT2D eigenvalue weighted by Gasteiger charge is -2.13. The number of hydrogen-bond donors (Lipinski definition) is 1. The third-order valence-corrected chi connectivity index (χ3v) is 4.50. The van der Waals surface area contributed by atoms with Crippen molar-refractivity contribution in [1.82, 2.24) is 5.32 Å². The fraction of sp³-hybridized carbons (Fsp3) is 0.571. The highest BCUT2D eigenvalue weighted by Crippen LogP contribution is 2.57. The van der Waals surface area contributed by atoms with E-state index in [1.165, 1.54) is 12.5 Å². The van der Waals surface area contributed by atoms with E-state index in [2.05, 4.69) is 5.32 Å². The Morgan fingerprint density at radius 1 is 1.32 bits per heavy atom. The van der Waals surface area contributed by atoms with E-state index in [0.29, 0.717) is 24.0 Å². The maximum absolute atomic E-state index is 13.7. The number of piperidine rings is 1. The molecule has 1 heterocycles. The third-order valence-electron chi connectivity index (χ3n) is 4.50. The Morgan fingerprint density at radius 3 is 2.63 bits per heavy atom. The standard InChI is InChI=1S/C14H15F4N/c15-12-5-10(14(16,17)18)2-1-9(12)3-4-13-6-11(13)7-19-8-13/h1-2,5,11,19H,3-4,6-8H2. The molecule has 0 radical (unpaired) electrons. The van der Waals surface area contributed by atoms with Crippen molar-refractivity contribution in [3.8, 4) is 0 Å². The monoisotopic (exact) mass is 273 g/mol. The van der Waals surface area contributed by atoms with Crippen LogP contribution in [0.3, 0.4) is 0 Å². The number of nitrogens with one attached hydrogen (secondary N) is 1. The van der Waals surface area contributed by atoms with E-state index in [9.17, 15) is 17.6 Å². The van der Waals surface area contributed by atoms with Gasteiger partial charge in [-0.25, -0.2) is 4.39 Å². The molecule has 1 saturated carbocycles. The average Bonchev–Trinajstić information content (AvgIpc) is 2.88. The van der Waals surface area contributed by atoms with Gasteiger partial charge >= 0.3 is 6.18 Å². The highest BCUT2D eigenvalue weighted by Gasteiger charge is 2.56. The van der Waals surface area contributed by atoms with Crippen LogP contribution in [-0.4, -0.2) is 13.1 Å². The van der Waals surface area contributed by atoms with Crippen LogP contribution in [0.15, 0.2) is 18.2 Å². The van der Waals surface area contributed by atoms with E-state index in [-0.39, 0.29) is 5.41 Å². The summed E-state index contributed by atoms with van der Waals surface area (Å²) in [5.41, 5.74) is -0.242. The first kappa shape index (κ1) is 12.9. The molecule has 1 nitrogen and oxygen atoms in total. The molecule has 1 aromatic carbocycles. The molecular weight excluding hydrogens is 258 g/mol. The minimum Gasteiger partial charge on any atom is -0.316 e. The normalized spacial score (nSPS) is 29.4. The molecule has 0 spiro atoms. The molecule has 0 bridgehead atoms. The lowest BCUT2D eigenvalue weighted by Crippen LogP contribution is -2.16. The maximum atomic E-state index is 13.7. The summed E-state index contributed by atoms with van der Waals surface area (Å²) in [4.78, 5) is 0. The van der Waals surface area contributed by atoms with Gasteiger partial charge in [-0.05, 0) is 54.8 Å². The van der Waals surface area contributed by atoms with Crippen LogP contribution in [0.2, 0.25) is 0 Å². The van der Waals surface area contributed by atoms with Gasteiger partial charge in [-0.2, -0.15) is 13.2 Å². The van der Waals surface area contributed by atoms with Crippen LogP contribution in [0.4, 0.5) is 17.6 Å². The topological polar surface area (TPSA) is 12.0 Å². The molecular formula is C14H15F4N. The Kier molecular flexibility index (Phi) is 2.85. The smallest absolute Gasteiger partial charge is 0.316 e. The predicted molar refractivity (Wildman–Crippen MR) is 63.1 cm³/mol. The van der Waals surface area contributed by atoms with Crippen LogP contribution in [0.25, 0.3) is 0 Å². The second-order valence-corrected chi connectivity index (χ2v) is 5.70. The molecule has 19 heavy (non-hydrogen) atoms. The van der Waals surface area contributed by atoms with Crippen LogP contribution in [0.5, 0.6) is 0 Å². The molecule has 1 N–H and O–H groups in total. The first-order chi connectivity index (χ1) is 8.91. The molecule has 1 aliphatic heterocycles. The zero-order valence-electron chi connectivity index (χ0n) is 10.4. The summed E-state index contributed by atoms with van der Waals surface area (Å²) in [5, 5.41) is 3.30. The van der Waals surface area contributed by atoms with Gasteiger partial charge in [0.1, 0.15) is 5.82 Å². The van der Waals surface area contributed by atoms with Gasteiger partial charge in [0.25, 0.3) is 0 Å². The van der Waals surface area contributed by atoms with Crippen molar-refractivity contribution in [2.45, 2.75) is 25.4 Å². The number of halogens is 4. The quantitative estimate of drug-likeness (QED) is 0.832. The molecule has 0 amide bonds. The van der Waals surface area contributed by atoms with E-state index in [1.807, 2.05) is 0 Å². The fourth-order valence-corrected chi connectivity index (χ4v) is 3.14. The second kappa shape index (κ2) is 4.20. The van der Waals surface area contributed by atoms with Crippen molar-refractivity contribution in [3.05, 3.63) is 35.1 Å². The molecule has 104 valence electrons. The first-order valence-electron chi connectivity index (χ1n) is 6.47. The van der Waals surface area contributed by atoms with Crippen LogP contribution < -0.4 is 5.32 Å². The summed E-state index contributed by atoms with van der Waals surface area (Å²) in [7, 11) is 0. The van der Waals surface area contributed by atoms with Gasteiger partial charge in [-0.15, -0.1) is 0 Å². The minimum absolute atomic E-state index is 0.287. The van der Waals surface area contributed by atoms with Crippen LogP contribution in [0.1, 0.15) is 24.0 Å². The highest BCUT2D eigenvalue weighted by atomic mass is 19.4. The molecule has 1 saturated heterocycles. The Bertz CT molecular complexity index is 497. The van der Waals surface area contributed by atoms with Crippen LogP contribution >= 0.6 is 0 Å². The molecule has 2 aliphatic rings. The van der Waals surface area contributed by atoms with Gasteiger partial charge in [0.15, 0.2) is 0 Å². The summed E-state index contributed by atoms with van der Waals surface area (Å²) >= 11 is 0. The molecule has 0 aromatic heterocycles. The second-order valence-electron chi connectivity index (χ2n) is 5.70. The zero-order chi connectivity index (χ0) is 13.7. The number of fused-ring (bicyclic) bond motifs is 1. The number of alkyl halides is 3. The summed E-state index contributed by atoms with van der Waals surface area (Å²) in [6.45, 7) is 1.98. The summed E-state index contributed by atoms with van der Waals surface area (Å²) in [6.07, 6.45) is -1.94. The lowest BCUT2D eigenvalue weighted by molar-refractivity contribution is -0.137. The molecule has 1 aliphatic carbocycles. The molecule has 2 unspecified atom stereocenters. The van der Waals surface area contributed by atoms with Crippen molar-refractivity contribution in [1.29, 1.82) is 0 Å². The van der Waals surface area contributed by atoms with Crippen LogP contribution in [-0.2, 0) is 12.6 Å². The number of hydrogen-bond acceptors (Lipinski definition) is 1. The van der Waals surface area contributed by atoms with E-state index in [4.69, 9.17) is 0 Å². The van der Waals surface area contributed by atoms with Crippen molar-refractivity contribution in [2.24, 2.45) is 11.3 Å². The van der Waals surface area contributed by atoms with E-state index in [0.717, 1.165) is 25.6 Å². The first-order valence-corrected chi connectivity index (χ1v) is 6.47. The van der Waals surface area contributed by atoms with Crippen molar-refractivity contribution >= 4 is 0 Å². The molecule has 2 fully saturated rings. The zero-order valence-corrected chi connectivity index (χ0v) is 10.4. The summed E-state index contributed by atoms with van der Waals surface area (Å²) in [5.74, 6) is -0.0561. The third kappa shape index (κ3) is 2.36. The molecule has 5 heteroatoms. The van der Waals surface area contributed by atoms with Crippen LogP contribution in [0, 0.1) is 17.2 Å². The molecule has 2 atom stereocenters. The highest BCUT2D eigenvalue weighted by molar-refractivity contribution is 5.27. The summed E-state index contributed by atoms with van der Waals surface area (Å²) < 4.78 is 50.9. The van der Waals surface area contributed by atoms with Crippen molar-refractivity contribution in [3.63, 3.8) is 0 Å². The van der Waals surface area contributed by atoms with Gasteiger partial charge < -0.3 is 5.32 Å². The lowest BCUT2D eigenvalue weighted by atomic mass is 9.95. The molecule has 1 aromatic rings. The number of rotatable bonds is 3. The maximum Gasteiger partial charge on any atom is 0.416 e. The Balaban J connectivity index is 1.68. The van der Waals surface area contributed by atoms with Gasteiger partial charge in [0.05, 0.1) is 5.56 Å². The van der Waals surface area contributed by atoms with Crippen molar-refractivity contribution < 1.29 is 17.6 Å². The Labute approximate surface area is 109 Å². The molecule has 3 rings (SSSR count). The Hall–Kier alpha value is -1.10. The fourth-order valence-electron chi connectivity index (χ4n) is 3.14. The van der Waals surface area contributed by atoms with E-state index < -0.39 is 17.6 Å². The summed E-state index contributed by atoms with van der Waals surface area (Å²) in [6, 6.07) is 2.84. The SMILES string of the molecule is Fc1cc(C(F)(F)F)ccc1CCC12CNCC1C2. The number of benzene rings is 1. The van der Waals surface area contributed by atoms with Gasteiger partial charge in [-0.3, -0.25) is 0 Å². The van der Waals surface area contributed by atoms with Gasteiger partial charge in [-0.1, -0.05) is 6.07 Å². The minimum atomic E-state index is -4.48. The van der Waals surface area contributed by atoms with Gasteiger partial charge in [0.2, 0.25) is 0 Å². The van der Waals surface area contributed by atoms with E-state index >= 15 is 0 Å². The van der Waals surface area contributed by atoms with Crippen molar-refractivity contribution in [2.75, 3.05) is 13.1 Å². The van der Waals surface area contributed by atoms with Gasteiger partial charge in [0, 0.05) is 6.54 Å².